The number of hydrogen-bond acceptors (Lipinski definition) is 6. The van der Waals surface area contributed by atoms with E-state index in [1.807, 2.05) is 19.1 Å². The molecule has 0 spiro atoms. The summed E-state index contributed by atoms with van der Waals surface area (Å²) in [5.41, 5.74) is 6.26. The monoisotopic (exact) mass is 439 g/mol. The van der Waals surface area contributed by atoms with Gasteiger partial charge in [-0.25, -0.2) is 0 Å². The van der Waals surface area contributed by atoms with Crippen LogP contribution >= 0.6 is 11.8 Å². The van der Waals surface area contributed by atoms with Crippen molar-refractivity contribution in [3.05, 3.63) is 48.2 Å². The lowest BCUT2D eigenvalue weighted by Crippen LogP contribution is -2.23. The maximum absolute atomic E-state index is 12.8. The third kappa shape index (κ3) is 4.82. The van der Waals surface area contributed by atoms with Crippen LogP contribution in [0.3, 0.4) is 0 Å². The van der Waals surface area contributed by atoms with Gasteiger partial charge in [-0.05, 0) is 56.2 Å². The Bertz CT molecular complexity index is 1040. The van der Waals surface area contributed by atoms with E-state index in [4.69, 9.17) is 10.2 Å². The molecule has 3 aromatic rings. The number of hydrogen-bond donors (Lipinski definition) is 2. The molecule has 0 bridgehead atoms. The molecule has 162 valence electrons. The molecule has 31 heavy (non-hydrogen) atoms. The highest BCUT2D eigenvalue weighted by molar-refractivity contribution is 8.00. The number of benzene rings is 1. The fourth-order valence-electron chi connectivity index (χ4n) is 3.77. The summed E-state index contributed by atoms with van der Waals surface area (Å²) in [5, 5.41) is 12.0. The van der Waals surface area contributed by atoms with Gasteiger partial charge in [0.15, 0.2) is 10.9 Å². The first-order valence-electron chi connectivity index (χ1n) is 10.4. The zero-order valence-electron chi connectivity index (χ0n) is 17.3. The summed E-state index contributed by atoms with van der Waals surface area (Å²) in [4.78, 5) is 24.0. The first kappa shape index (κ1) is 21.2. The first-order valence-corrected chi connectivity index (χ1v) is 11.3. The summed E-state index contributed by atoms with van der Waals surface area (Å²) >= 11 is 1.38. The van der Waals surface area contributed by atoms with Gasteiger partial charge in [-0.1, -0.05) is 31.0 Å². The van der Waals surface area contributed by atoms with Gasteiger partial charge in [-0.2, -0.15) is 0 Å². The fourth-order valence-corrected chi connectivity index (χ4v) is 4.69. The van der Waals surface area contributed by atoms with Gasteiger partial charge in [0.25, 0.3) is 0 Å². The van der Waals surface area contributed by atoms with Crippen LogP contribution in [0.4, 0.5) is 5.69 Å². The molecule has 1 saturated carbocycles. The van der Waals surface area contributed by atoms with Crippen molar-refractivity contribution < 1.29 is 14.0 Å². The molecule has 1 aliphatic carbocycles. The second kappa shape index (κ2) is 9.38. The number of nitrogens with one attached hydrogen (secondary N) is 1. The summed E-state index contributed by atoms with van der Waals surface area (Å²) in [5.74, 6) is 0.719. The standard InChI is InChI=1S/C22H25N5O3S/c1-14(21(29)24-16-11-9-15(10-12-16)19(23)28)31-22-26-25-20(18-8-5-13-30-18)27(22)17-6-3-2-4-7-17/h5,8-14,17H,2-4,6-7H2,1H3,(H2,23,28)(H,24,29). The SMILES string of the molecule is CC(Sc1nnc(-c2ccco2)n1C1CCCCC1)C(=O)Nc1ccc(C(N)=O)cc1. The number of carbonyl (C=O) groups is 2. The Hall–Kier alpha value is -3.07. The lowest BCUT2D eigenvalue weighted by Gasteiger charge is -2.25. The minimum absolute atomic E-state index is 0.158. The molecule has 1 unspecified atom stereocenters. The average molecular weight is 440 g/mol. The molecule has 9 heteroatoms. The molecule has 8 nitrogen and oxygen atoms in total. The number of thioether (sulfide) groups is 1. The van der Waals surface area contributed by atoms with E-state index >= 15 is 0 Å². The maximum Gasteiger partial charge on any atom is 0.248 e. The number of carbonyl (C=O) groups excluding carboxylic acids is 2. The van der Waals surface area contributed by atoms with E-state index in [1.165, 1.54) is 31.0 Å². The van der Waals surface area contributed by atoms with Crippen LogP contribution in [-0.2, 0) is 4.79 Å². The van der Waals surface area contributed by atoms with E-state index in [9.17, 15) is 9.59 Å². The van der Waals surface area contributed by atoms with Gasteiger partial charge in [0.1, 0.15) is 0 Å². The van der Waals surface area contributed by atoms with Crippen LogP contribution in [0.1, 0.15) is 55.4 Å². The van der Waals surface area contributed by atoms with Crippen LogP contribution in [0, 0.1) is 0 Å². The highest BCUT2D eigenvalue weighted by Crippen LogP contribution is 2.36. The van der Waals surface area contributed by atoms with Crippen molar-refractivity contribution in [1.29, 1.82) is 0 Å². The Balaban J connectivity index is 1.51. The maximum atomic E-state index is 12.8. The van der Waals surface area contributed by atoms with Crippen molar-refractivity contribution >= 4 is 29.3 Å². The predicted molar refractivity (Wildman–Crippen MR) is 119 cm³/mol. The lowest BCUT2D eigenvalue weighted by molar-refractivity contribution is -0.115. The number of primary amides is 1. The Labute approximate surface area is 184 Å². The van der Waals surface area contributed by atoms with Crippen LogP contribution in [0.5, 0.6) is 0 Å². The Morgan fingerprint density at radius 1 is 1.16 bits per heavy atom. The summed E-state index contributed by atoms with van der Waals surface area (Å²) in [6, 6.07) is 10.5. The molecule has 0 saturated heterocycles. The van der Waals surface area contributed by atoms with E-state index in [1.54, 1.807) is 30.5 Å². The third-order valence-corrected chi connectivity index (χ3v) is 6.49. The summed E-state index contributed by atoms with van der Waals surface area (Å²) in [6.07, 6.45) is 7.33. The van der Waals surface area contributed by atoms with Gasteiger partial charge >= 0.3 is 0 Å². The molecule has 1 fully saturated rings. The summed E-state index contributed by atoms with van der Waals surface area (Å²) in [6.45, 7) is 1.84. The van der Waals surface area contributed by atoms with E-state index in [-0.39, 0.29) is 5.91 Å². The zero-order valence-corrected chi connectivity index (χ0v) is 18.1. The van der Waals surface area contributed by atoms with Gasteiger partial charge in [0, 0.05) is 17.3 Å². The highest BCUT2D eigenvalue weighted by Gasteiger charge is 2.27. The fraction of sp³-hybridized carbons (Fsp3) is 0.364. The van der Waals surface area contributed by atoms with Crippen molar-refractivity contribution in [1.82, 2.24) is 14.8 Å². The number of amides is 2. The molecule has 2 amide bonds. The van der Waals surface area contributed by atoms with Gasteiger partial charge in [0.05, 0.1) is 11.5 Å². The second-order valence-corrected chi connectivity index (χ2v) is 8.94. The van der Waals surface area contributed by atoms with Gasteiger partial charge in [0.2, 0.25) is 17.6 Å². The van der Waals surface area contributed by atoms with Gasteiger partial charge in [-0.15, -0.1) is 10.2 Å². The number of nitrogens with two attached hydrogens (primary N) is 1. The zero-order chi connectivity index (χ0) is 21.8. The average Bonchev–Trinajstić information content (AvgIpc) is 3.44. The van der Waals surface area contributed by atoms with Crippen molar-refractivity contribution in [3.8, 4) is 11.6 Å². The van der Waals surface area contributed by atoms with Gasteiger partial charge in [-0.3, -0.25) is 14.2 Å². The Morgan fingerprint density at radius 2 is 1.90 bits per heavy atom. The van der Waals surface area contributed by atoms with Crippen molar-refractivity contribution in [2.75, 3.05) is 5.32 Å². The molecular formula is C22H25N5O3S. The molecule has 0 aliphatic heterocycles. The molecular weight excluding hydrogens is 414 g/mol. The molecule has 0 radical (unpaired) electrons. The quantitative estimate of drug-likeness (QED) is 0.531. The van der Waals surface area contributed by atoms with Crippen molar-refractivity contribution in [3.63, 3.8) is 0 Å². The third-order valence-electron chi connectivity index (χ3n) is 5.43. The topological polar surface area (TPSA) is 116 Å². The van der Waals surface area contributed by atoms with Crippen LogP contribution in [0.15, 0.2) is 52.2 Å². The minimum atomic E-state index is -0.504. The Kier molecular flexibility index (Phi) is 6.41. The number of nitrogens with zero attached hydrogens (tertiary/aromatic N) is 3. The van der Waals surface area contributed by atoms with Crippen LogP contribution in [0.2, 0.25) is 0 Å². The largest absolute Gasteiger partial charge is 0.461 e. The summed E-state index contributed by atoms with van der Waals surface area (Å²) < 4.78 is 7.71. The first-order chi connectivity index (χ1) is 15.0. The lowest BCUT2D eigenvalue weighted by atomic mass is 9.95. The highest BCUT2D eigenvalue weighted by atomic mass is 32.2. The molecule has 4 rings (SSSR count). The smallest absolute Gasteiger partial charge is 0.248 e. The molecule has 2 aromatic heterocycles. The van der Waals surface area contributed by atoms with E-state index in [0.29, 0.717) is 34.0 Å². The minimum Gasteiger partial charge on any atom is -0.461 e. The van der Waals surface area contributed by atoms with Crippen LogP contribution in [-0.4, -0.2) is 31.8 Å². The van der Waals surface area contributed by atoms with Gasteiger partial charge < -0.3 is 15.5 Å². The molecule has 3 N–H and O–H groups in total. The number of furan rings is 1. The van der Waals surface area contributed by atoms with Crippen LogP contribution < -0.4 is 11.1 Å². The second-order valence-electron chi connectivity index (χ2n) is 7.64. The van der Waals surface area contributed by atoms with E-state index in [0.717, 1.165) is 12.8 Å². The van der Waals surface area contributed by atoms with E-state index in [2.05, 4.69) is 20.1 Å². The predicted octanol–water partition coefficient (Wildman–Crippen LogP) is 4.26. The molecule has 1 atom stereocenters. The molecule has 1 aromatic carbocycles. The van der Waals surface area contributed by atoms with Crippen molar-refractivity contribution in [2.45, 2.75) is 55.5 Å². The Morgan fingerprint density at radius 3 is 2.55 bits per heavy atom. The van der Waals surface area contributed by atoms with E-state index < -0.39 is 11.2 Å². The number of rotatable bonds is 7. The number of anilines is 1. The normalized spacial score (nSPS) is 15.5. The summed E-state index contributed by atoms with van der Waals surface area (Å²) in [7, 11) is 0. The van der Waals surface area contributed by atoms with Crippen molar-refractivity contribution in [2.24, 2.45) is 5.73 Å². The van der Waals surface area contributed by atoms with Crippen LogP contribution in [0.25, 0.3) is 11.6 Å². The molecule has 1 aliphatic rings. The molecule has 2 heterocycles. The number of aromatic nitrogens is 3.